The average molecular weight is 486 g/mol. The van der Waals surface area contributed by atoms with E-state index >= 15 is 0 Å². The average Bonchev–Trinajstić information content (AvgIpc) is 2.89. The van der Waals surface area contributed by atoms with Crippen molar-refractivity contribution in [2.45, 2.75) is 84.2 Å². The lowest BCUT2D eigenvalue weighted by Gasteiger charge is -2.32. The second-order valence-corrected chi connectivity index (χ2v) is 11.6. The van der Waals surface area contributed by atoms with Crippen LogP contribution in [0.4, 0.5) is 4.79 Å². The fourth-order valence-corrected chi connectivity index (χ4v) is 3.92. The zero-order chi connectivity index (χ0) is 25.7. The summed E-state index contributed by atoms with van der Waals surface area (Å²) in [5, 5.41) is 7.51. The largest absolute Gasteiger partial charge is 0.357 e. The number of urea groups is 1. The standard InChI is InChI=1S/C23H43N5O4S/c1-14(2)12-15(18(29)26-17(20(31)24-8)22(3,4)5)25-19(30)16(33)10-11-28-13-23(6,7)27(9)21(28)32/h14-17,33H,10-13H2,1-9H3,(H,24,31)(H,25,30)(H,26,29)/t15-,16-,17?/m1/s1. The number of hydrogen-bond donors (Lipinski definition) is 4. The van der Waals surface area contributed by atoms with Gasteiger partial charge in [-0.15, -0.1) is 0 Å². The summed E-state index contributed by atoms with van der Waals surface area (Å²) in [4.78, 5) is 54.0. The minimum Gasteiger partial charge on any atom is -0.357 e. The molecule has 1 aliphatic rings. The van der Waals surface area contributed by atoms with Gasteiger partial charge in [-0.1, -0.05) is 34.6 Å². The Morgan fingerprint density at radius 1 is 1.09 bits per heavy atom. The number of nitrogens with zero attached hydrogens (tertiary/aromatic N) is 2. The van der Waals surface area contributed by atoms with Crippen LogP contribution < -0.4 is 16.0 Å². The summed E-state index contributed by atoms with van der Waals surface area (Å²) in [6, 6.07) is -1.60. The monoisotopic (exact) mass is 485 g/mol. The van der Waals surface area contributed by atoms with E-state index in [0.717, 1.165) is 0 Å². The Morgan fingerprint density at radius 3 is 2.09 bits per heavy atom. The van der Waals surface area contributed by atoms with Crippen LogP contribution in [0.1, 0.15) is 61.3 Å². The maximum Gasteiger partial charge on any atom is 0.320 e. The molecule has 1 rings (SSSR count). The smallest absolute Gasteiger partial charge is 0.320 e. The first-order chi connectivity index (χ1) is 15.0. The molecule has 9 nitrogen and oxygen atoms in total. The molecule has 0 aliphatic carbocycles. The van der Waals surface area contributed by atoms with Crippen LogP contribution in [0.2, 0.25) is 0 Å². The molecule has 10 heteroatoms. The lowest BCUT2D eigenvalue weighted by Crippen LogP contribution is -2.58. The van der Waals surface area contributed by atoms with E-state index in [1.807, 2.05) is 48.5 Å². The molecule has 0 aromatic heterocycles. The van der Waals surface area contributed by atoms with Gasteiger partial charge in [-0.05, 0) is 38.0 Å². The summed E-state index contributed by atoms with van der Waals surface area (Å²) in [6.07, 6.45) is 0.787. The number of nitrogens with one attached hydrogen (secondary N) is 3. The summed E-state index contributed by atoms with van der Waals surface area (Å²) in [5.74, 6) is -0.918. The normalized spacial score (nSPS) is 18.7. The predicted molar refractivity (Wildman–Crippen MR) is 133 cm³/mol. The number of thiol groups is 1. The van der Waals surface area contributed by atoms with Crippen LogP contribution in [0.5, 0.6) is 0 Å². The quantitative estimate of drug-likeness (QED) is 0.353. The molecule has 5 amide bonds. The van der Waals surface area contributed by atoms with Gasteiger partial charge in [-0.25, -0.2) is 4.79 Å². The molecule has 0 bridgehead atoms. The first-order valence-corrected chi connectivity index (χ1v) is 12.1. The number of carbonyl (C=O) groups excluding carboxylic acids is 4. The maximum absolute atomic E-state index is 13.0. The molecule has 0 saturated carbocycles. The van der Waals surface area contributed by atoms with Gasteiger partial charge in [0.15, 0.2) is 0 Å². The Hall–Kier alpha value is -1.97. The van der Waals surface area contributed by atoms with Crippen molar-refractivity contribution in [2.75, 3.05) is 27.2 Å². The van der Waals surface area contributed by atoms with Crippen LogP contribution in [0.25, 0.3) is 0 Å². The number of rotatable bonds is 10. The summed E-state index contributed by atoms with van der Waals surface area (Å²) < 4.78 is 0. The van der Waals surface area contributed by atoms with Crippen LogP contribution in [-0.4, -0.2) is 83.6 Å². The molecule has 0 aromatic carbocycles. The lowest BCUT2D eigenvalue weighted by molar-refractivity contribution is -0.134. The van der Waals surface area contributed by atoms with E-state index in [1.54, 1.807) is 16.8 Å². The summed E-state index contributed by atoms with van der Waals surface area (Å²) in [7, 11) is 3.29. The Kier molecular flexibility index (Phi) is 10.1. The SMILES string of the molecule is CNC(=O)C(NC(=O)[C@@H](CC(C)C)NC(=O)[C@H](S)CCN1CC(C)(C)N(C)C1=O)C(C)(C)C. The van der Waals surface area contributed by atoms with E-state index in [9.17, 15) is 19.2 Å². The van der Waals surface area contributed by atoms with Crippen molar-refractivity contribution in [1.29, 1.82) is 0 Å². The fraction of sp³-hybridized carbons (Fsp3) is 0.826. The van der Waals surface area contributed by atoms with E-state index < -0.39 is 28.7 Å². The molecule has 33 heavy (non-hydrogen) atoms. The first kappa shape index (κ1) is 29.1. The van der Waals surface area contributed by atoms with Gasteiger partial charge in [0.05, 0.1) is 10.8 Å². The first-order valence-electron chi connectivity index (χ1n) is 11.5. The molecule has 1 heterocycles. The Balaban J connectivity index is 2.80. The number of carbonyl (C=O) groups is 4. The summed E-state index contributed by atoms with van der Waals surface area (Å²) in [5.41, 5.74) is -0.766. The van der Waals surface area contributed by atoms with Crippen LogP contribution >= 0.6 is 12.6 Å². The van der Waals surface area contributed by atoms with E-state index in [1.165, 1.54) is 7.05 Å². The van der Waals surface area contributed by atoms with Crippen molar-refractivity contribution in [3.8, 4) is 0 Å². The molecule has 1 saturated heterocycles. The molecule has 0 radical (unpaired) electrons. The second kappa shape index (κ2) is 11.4. The molecule has 3 atom stereocenters. The molecule has 1 unspecified atom stereocenters. The topological polar surface area (TPSA) is 111 Å². The highest BCUT2D eigenvalue weighted by molar-refractivity contribution is 7.81. The van der Waals surface area contributed by atoms with Crippen molar-refractivity contribution in [2.24, 2.45) is 11.3 Å². The number of amides is 5. The minimum atomic E-state index is -0.792. The van der Waals surface area contributed by atoms with Crippen molar-refractivity contribution in [3.05, 3.63) is 0 Å². The predicted octanol–water partition coefficient (Wildman–Crippen LogP) is 1.63. The van der Waals surface area contributed by atoms with Gasteiger partial charge < -0.3 is 25.8 Å². The molecular formula is C23H43N5O4S. The minimum absolute atomic E-state index is 0.0690. The van der Waals surface area contributed by atoms with E-state index in [4.69, 9.17) is 0 Å². The van der Waals surface area contributed by atoms with Crippen molar-refractivity contribution in [1.82, 2.24) is 25.8 Å². The van der Waals surface area contributed by atoms with Gasteiger partial charge in [-0.2, -0.15) is 12.6 Å². The van der Waals surface area contributed by atoms with Gasteiger partial charge in [0.1, 0.15) is 12.1 Å². The maximum atomic E-state index is 13.0. The van der Waals surface area contributed by atoms with Crippen molar-refractivity contribution < 1.29 is 19.2 Å². The summed E-state index contributed by atoms with van der Waals surface area (Å²) >= 11 is 4.43. The fourth-order valence-electron chi connectivity index (χ4n) is 3.73. The van der Waals surface area contributed by atoms with Gasteiger partial charge in [0.25, 0.3) is 0 Å². The zero-order valence-electron chi connectivity index (χ0n) is 21.6. The highest BCUT2D eigenvalue weighted by atomic mass is 32.1. The third-order valence-electron chi connectivity index (χ3n) is 6.02. The molecule has 190 valence electrons. The van der Waals surface area contributed by atoms with E-state index in [0.29, 0.717) is 25.9 Å². The zero-order valence-corrected chi connectivity index (χ0v) is 22.5. The van der Waals surface area contributed by atoms with Gasteiger partial charge in [0, 0.05) is 27.2 Å². The Bertz CT molecular complexity index is 735. The third kappa shape index (κ3) is 8.08. The molecule has 1 aliphatic heterocycles. The molecule has 0 spiro atoms. The van der Waals surface area contributed by atoms with Crippen LogP contribution in [0.15, 0.2) is 0 Å². The molecule has 1 fully saturated rings. The molecular weight excluding hydrogens is 442 g/mol. The molecule has 0 aromatic rings. The lowest BCUT2D eigenvalue weighted by atomic mass is 9.85. The van der Waals surface area contributed by atoms with Crippen molar-refractivity contribution >= 4 is 36.4 Å². The van der Waals surface area contributed by atoms with E-state index in [-0.39, 0.29) is 29.3 Å². The summed E-state index contributed by atoms with van der Waals surface area (Å²) in [6.45, 7) is 14.5. The third-order valence-corrected chi connectivity index (χ3v) is 6.51. The van der Waals surface area contributed by atoms with Crippen molar-refractivity contribution in [3.63, 3.8) is 0 Å². The van der Waals surface area contributed by atoms with Crippen LogP contribution in [-0.2, 0) is 14.4 Å². The molecule has 3 N–H and O–H groups in total. The highest BCUT2D eigenvalue weighted by Crippen LogP contribution is 2.24. The number of likely N-dealkylation sites (N-methyl/N-ethyl adjacent to an activating group) is 2. The highest BCUT2D eigenvalue weighted by Gasteiger charge is 2.40. The van der Waals surface area contributed by atoms with E-state index in [2.05, 4.69) is 28.6 Å². The van der Waals surface area contributed by atoms with Gasteiger partial charge in [-0.3, -0.25) is 14.4 Å². The number of hydrogen-bond acceptors (Lipinski definition) is 5. The van der Waals surface area contributed by atoms with Gasteiger partial charge in [0.2, 0.25) is 17.7 Å². The Labute approximate surface area is 204 Å². The second-order valence-electron chi connectivity index (χ2n) is 11.0. The van der Waals surface area contributed by atoms with Gasteiger partial charge >= 0.3 is 6.03 Å². The Morgan fingerprint density at radius 2 is 1.67 bits per heavy atom. The van der Waals surface area contributed by atoms with Crippen LogP contribution in [0.3, 0.4) is 0 Å². The van der Waals surface area contributed by atoms with Crippen LogP contribution in [0, 0.1) is 11.3 Å².